The first-order valence-electron chi connectivity index (χ1n) is 15.0. The highest BCUT2D eigenvalue weighted by Crippen LogP contribution is 2.47. The van der Waals surface area contributed by atoms with E-state index >= 15 is 0 Å². The van der Waals surface area contributed by atoms with E-state index in [1.807, 2.05) is 12.1 Å². The number of anilines is 1. The number of benzene rings is 3. The summed E-state index contributed by atoms with van der Waals surface area (Å²) in [5, 5.41) is 13.8. The second-order valence-corrected chi connectivity index (χ2v) is 11.8. The number of phenolic OH excluding ortho intramolecular Hbond substituents is 1. The maximum absolute atomic E-state index is 13.6. The van der Waals surface area contributed by atoms with Gasteiger partial charge >= 0.3 is 5.97 Å². The molecular formula is C35H39N3O4. The Hall–Kier alpha value is -4.26. The highest BCUT2D eigenvalue weighted by atomic mass is 16.5. The minimum Gasteiger partial charge on any atom is -0.508 e. The molecular weight excluding hydrogens is 526 g/mol. The SMILES string of the molecule is COC(=O)[C@H](Cc1ccc(O)cc1)NC(=O)c1ccc2c(C3CCCCC3)c3n(c2c1)CCN(C)c1cc(C)ccc1-3. The number of carbonyl (C=O) groups excluding carboxylic acids is 2. The van der Waals surface area contributed by atoms with Crippen molar-refractivity contribution in [1.29, 1.82) is 0 Å². The van der Waals surface area contributed by atoms with E-state index in [1.165, 1.54) is 72.7 Å². The van der Waals surface area contributed by atoms with E-state index in [1.54, 1.807) is 24.3 Å². The molecule has 1 fully saturated rings. The summed E-state index contributed by atoms with van der Waals surface area (Å²) in [6.07, 6.45) is 6.41. The van der Waals surface area contributed by atoms with Crippen LogP contribution < -0.4 is 10.2 Å². The fourth-order valence-electron chi connectivity index (χ4n) is 6.82. The zero-order chi connectivity index (χ0) is 29.4. The lowest BCUT2D eigenvalue weighted by Crippen LogP contribution is -2.43. The fraction of sp³-hybridized carbons (Fsp3) is 0.371. The highest BCUT2D eigenvalue weighted by molar-refractivity contribution is 6.02. The third-order valence-corrected chi connectivity index (χ3v) is 9.03. The molecule has 0 spiro atoms. The van der Waals surface area contributed by atoms with Gasteiger partial charge in [-0.15, -0.1) is 0 Å². The molecule has 2 N–H and O–H groups in total. The molecule has 4 aromatic rings. The average Bonchev–Trinajstić information content (AvgIpc) is 3.26. The minimum atomic E-state index is -0.853. The van der Waals surface area contributed by atoms with Crippen LogP contribution in [0.1, 0.15) is 65.1 Å². The Balaban J connectivity index is 1.42. The van der Waals surface area contributed by atoms with Gasteiger partial charge in [0.2, 0.25) is 0 Å². The number of nitrogens with zero attached hydrogens (tertiary/aromatic N) is 2. The van der Waals surface area contributed by atoms with Gasteiger partial charge in [-0.05, 0) is 72.7 Å². The van der Waals surface area contributed by atoms with Crippen LogP contribution in [0.25, 0.3) is 22.2 Å². The predicted octanol–water partition coefficient (Wildman–Crippen LogP) is 6.33. The third kappa shape index (κ3) is 5.24. The lowest BCUT2D eigenvalue weighted by Gasteiger charge is -2.24. The number of methoxy groups -OCH3 is 1. The lowest BCUT2D eigenvalue weighted by molar-refractivity contribution is -0.142. The predicted molar refractivity (Wildman–Crippen MR) is 166 cm³/mol. The second kappa shape index (κ2) is 11.6. The number of fused-ring (bicyclic) bond motifs is 5. The summed E-state index contributed by atoms with van der Waals surface area (Å²) in [4.78, 5) is 28.6. The summed E-state index contributed by atoms with van der Waals surface area (Å²) < 4.78 is 7.43. The topological polar surface area (TPSA) is 83.8 Å². The monoisotopic (exact) mass is 565 g/mol. The van der Waals surface area contributed by atoms with Crippen molar-refractivity contribution in [3.05, 3.63) is 82.9 Å². The number of aromatic nitrogens is 1. The van der Waals surface area contributed by atoms with E-state index in [9.17, 15) is 14.7 Å². The van der Waals surface area contributed by atoms with Crippen molar-refractivity contribution >= 4 is 28.5 Å². The van der Waals surface area contributed by atoms with Crippen LogP contribution >= 0.6 is 0 Å². The van der Waals surface area contributed by atoms with Crippen LogP contribution in [-0.2, 0) is 22.5 Å². The number of hydrogen-bond acceptors (Lipinski definition) is 5. The Kier molecular flexibility index (Phi) is 7.67. The minimum absolute atomic E-state index is 0.147. The largest absolute Gasteiger partial charge is 0.508 e. The number of nitrogens with one attached hydrogen (secondary N) is 1. The maximum Gasteiger partial charge on any atom is 0.328 e. The van der Waals surface area contributed by atoms with Crippen molar-refractivity contribution in [1.82, 2.24) is 9.88 Å². The van der Waals surface area contributed by atoms with Crippen molar-refractivity contribution in [2.45, 2.75) is 64.0 Å². The summed E-state index contributed by atoms with van der Waals surface area (Å²) in [6.45, 7) is 3.83. The normalized spacial score (nSPS) is 15.9. The number of aromatic hydroxyl groups is 1. The zero-order valence-corrected chi connectivity index (χ0v) is 24.7. The summed E-state index contributed by atoms with van der Waals surface area (Å²) in [5.74, 6) is -0.191. The van der Waals surface area contributed by atoms with Crippen LogP contribution in [0, 0.1) is 6.92 Å². The van der Waals surface area contributed by atoms with Crippen LogP contribution in [0.3, 0.4) is 0 Å². The molecule has 1 atom stereocenters. The van der Waals surface area contributed by atoms with E-state index in [0.717, 1.165) is 24.2 Å². The molecule has 1 aliphatic heterocycles. The Labute approximate surface area is 247 Å². The van der Waals surface area contributed by atoms with Gasteiger partial charge in [-0.25, -0.2) is 4.79 Å². The van der Waals surface area contributed by atoms with Crippen LogP contribution in [0.5, 0.6) is 5.75 Å². The van der Waals surface area contributed by atoms with Crippen molar-refractivity contribution in [3.8, 4) is 17.0 Å². The molecule has 0 bridgehead atoms. The van der Waals surface area contributed by atoms with Gasteiger partial charge < -0.3 is 24.6 Å². The molecule has 2 heterocycles. The first kappa shape index (κ1) is 27.9. The van der Waals surface area contributed by atoms with E-state index in [2.05, 4.69) is 53.0 Å². The molecule has 6 rings (SSSR count). The highest BCUT2D eigenvalue weighted by Gasteiger charge is 2.30. The first-order valence-corrected chi connectivity index (χ1v) is 15.0. The first-order chi connectivity index (χ1) is 20.3. The number of ether oxygens (including phenoxy) is 1. The number of phenols is 1. The number of amides is 1. The van der Waals surface area contributed by atoms with Gasteiger partial charge in [-0.2, -0.15) is 0 Å². The molecule has 7 heteroatoms. The Bertz CT molecular complexity index is 1630. The molecule has 42 heavy (non-hydrogen) atoms. The van der Waals surface area contributed by atoms with Crippen LogP contribution in [0.4, 0.5) is 5.69 Å². The van der Waals surface area contributed by atoms with Gasteiger partial charge in [0.1, 0.15) is 11.8 Å². The van der Waals surface area contributed by atoms with Crippen molar-refractivity contribution < 1.29 is 19.4 Å². The molecule has 0 radical (unpaired) electrons. The Morgan fingerprint density at radius 1 is 1.00 bits per heavy atom. The molecule has 7 nitrogen and oxygen atoms in total. The van der Waals surface area contributed by atoms with E-state index in [-0.39, 0.29) is 18.1 Å². The van der Waals surface area contributed by atoms with Crippen LogP contribution in [0.15, 0.2) is 60.7 Å². The number of carbonyl (C=O) groups is 2. The number of esters is 1. The van der Waals surface area contributed by atoms with E-state index < -0.39 is 12.0 Å². The van der Waals surface area contributed by atoms with Gasteiger partial charge in [0.05, 0.1) is 12.8 Å². The van der Waals surface area contributed by atoms with Crippen LogP contribution in [0.2, 0.25) is 0 Å². The molecule has 2 aliphatic rings. The van der Waals surface area contributed by atoms with Crippen molar-refractivity contribution in [3.63, 3.8) is 0 Å². The zero-order valence-electron chi connectivity index (χ0n) is 24.7. The second-order valence-electron chi connectivity index (χ2n) is 11.8. The average molecular weight is 566 g/mol. The molecule has 1 aromatic heterocycles. The number of rotatable bonds is 6. The lowest BCUT2D eigenvalue weighted by atomic mass is 9.81. The van der Waals surface area contributed by atoms with Crippen molar-refractivity contribution in [2.24, 2.45) is 0 Å². The molecule has 0 saturated heterocycles. The summed E-state index contributed by atoms with van der Waals surface area (Å²) in [6, 6.07) is 18.5. The number of likely N-dealkylation sites (N-methyl/N-ethyl adjacent to an activating group) is 1. The van der Waals surface area contributed by atoms with Gasteiger partial charge in [-0.3, -0.25) is 4.79 Å². The van der Waals surface area contributed by atoms with Gasteiger partial charge in [0.15, 0.2) is 0 Å². The maximum atomic E-state index is 13.6. The molecule has 0 unspecified atom stereocenters. The smallest absolute Gasteiger partial charge is 0.328 e. The number of hydrogen-bond donors (Lipinski definition) is 2. The fourth-order valence-corrected chi connectivity index (χ4v) is 6.82. The molecule has 3 aromatic carbocycles. The van der Waals surface area contributed by atoms with Gasteiger partial charge in [0, 0.05) is 54.3 Å². The van der Waals surface area contributed by atoms with E-state index in [0.29, 0.717) is 11.5 Å². The molecule has 1 aliphatic carbocycles. The summed E-state index contributed by atoms with van der Waals surface area (Å²) in [7, 11) is 3.48. The molecule has 1 amide bonds. The molecule has 1 saturated carbocycles. The van der Waals surface area contributed by atoms with Crippen LogP contribution in [-0.4, -0.2) is 48.3 Å². The summed E-state index contributed by atoms with van der Waals surface area (Å²) >= 11 is 0. The van der Waals surface area contributed by atoms with Crippen molar-refractivity contribution in [2.75, 3.05) is 25.6 Å². The van der Waals surface area contributed by atoms with Gasteiger partial charge in [0.25, 0.3) is 5.91 Å². The third-order valence-electron chi connectivity index (χ3n) is 9.03. The Morgan fingerprint density at radius 3 is 2.50 bits per heavy atom. The molecule has 218 valence electrons. The summed E-state index contributed by atoms with van der Waals surface area (Å²) in [5.41, 5.74) is 8.84. The number of aryl methyl sites for hydroxylation is 1. The quantitative estimate of drug-likeness (QED) is 0.267. The van der Waals surface area contributed by atoms with E-state index in [4.69, 9.17) is 4.74 Å². The van der Waals surface area contributed by atoms with Gasteiger partial charge in [-0.1, -0.05) is 49.6 Å². The standard InChI is InChI=1S/C35H39N3O4/c1-22-9-15-28-30(19-22)37(2)17-18-38-31-21-25(12-16-27(31)32(33(28)38)24-7-5-4-6-8-24)34(40)36-29(35(41)42-3)20-23-10-13-26(39)14-11-23/h9-16,19,21,24,29,39H,4-8,17-18,20H2,1-3H3,(H,36,40)/t29-/m0/s1. The Morgan fingerprint density at radius 2 is 1.76 bits per heavy atom.